The molecule has 2 aliphatic heterocycles. The van der Waals surface area contributed by atoms with Crippen molar-refractivity contribution >= 4 is 6.09 Å². The molecule has 1 amide bonds. The fourth-order valence-corrected chi connectivity index (χ4v) is 5.02. The largest absolute Gasteiger partial charge is 0.465 e. The maximum Gasteiger partial charge on any atom is 0.411 e. The van der Waals surface area contributed by atoms with Gasteiger partial charge in [0.15, 0.2) is 0 Å². The van der Waals surface area contributed by atoms with E-state index in [1.165, 1.54) is 0 Å². The molecule has 25 heavy (non-hydrogen) atoms. The molecule has 0 aliphatic carbocycles. The van der Waals surface area contributed by atoms with Crippen LogP contribution in [0.2, 0.25) is 0 Å². The second-order valence-corrected chi connectivity index (χ2v) is 10.4. The van der Waals surface area contributed by atoms with Crippen molar-refractivity contribution in [2.45, 2.75) is 103 Å². The first-order chi connectivity index (χ1) is 11.1. The fraction of sp³-hybridized carbons (Fsp3) is 0.850. The lowest BCUT2D eigenvalue weighted by atomic mass is 9.77. The van der Waals surface area contributed by atoms with Gasteiger partial charge in [-0.05, 0) is 81.4 Å². The molecule has 1 fully saturated rings. The van der Waals surface area contributed by atoms with E-state index in [2.05, 4.69) is 78.7 Å². The van der Waals surface area contributed by atoms with Crippen LogP contribution in [0.4, 0.5) is 4.79 Å². The number of nitrogens with one attached hydrogen (secondary N) is 1. The molecule has 0 spiro atoms. The zero-order valence-electron chi connectivity index (χ0n) is 17.5. The summed E-state index contributed by atoms with van der Waals surface area (Å²) in [6.45, 7) is 17.4. The summed E-state index contributed by atoms with van der Waals surface area (Å²) in [5.41, 5.74) is 0.509. The lowest BCUT2D eigenvalue weighted by Gasteiger charge is -2.53. The number of amides is 1. The fourth-order valence-electron chi connectivity index (χ4n) is 5.02. The summed E-state index contributed by atoms with van der Waals surface area (Å²) in [6, 6.07) is -0.00925. The van der Waals surface area contributed by atoms with E-state index >= 15 is 0 Å². The topological polar surface area (TPSA) is 55.8 Å². The minimum atomic E-state index is -0.832. The van der Waals surface area contributed by atoms with Gasteiger partial charge in [0.05, 0.1) is 0 Å². The number of hydrogen-bond acceptors (Lipinski definition) is 3. The molecule has 0 radical (unpaired) electrons. The molecule has 144 valence electrons. The van der Waals surface area contributed by atoms with Gasteiger partial charge in [0.1, 0.15) is 0 Å². The second-order valence-electron chi connectivity index (χ2n) is 10.4. The van der Waals surface area contributed by atoms with Crippen molar-refractivity contribution in [3.8, 4) is 0 Å². The Labute approximate surface area is 153 Å². The molecule has 0 unspecified atom stereocenters. The standard InChI is InChI=1S/C20H37N3O2/c1-17(2)10-14(11-18(3,4)21-17)23(16(24)25)15-12-19(5,6)22(9)20(7,8)13-15/h12,14,21H,10-11,13H2,1-9H3,(H,24,25). The highest BCUT2D eigenvalue weighted by Gasteiger charge is 2.46. The van der Waals surface area contributed by atoms with Crippen molar-refractivity contribution in [1.82, 2.24) is 15.1 Å². The van der Waals surface area contributed by atoms with Crippen LogP contribution in [-0.2, 0) is 0 Å². The molecule has 2 N–H and O–H groups in total. The number of hydrogen-bond donors (Lipinski definition) is 2. The van der Waals surface area contributed by atoms with Crippen molar-refractivity contribution < 1.29 is 9.90 Å². The molecule has 1 saturated heterocycles. The summed E-state index contributed by atoms with van der Waals surface area (Å²) >= 11 is 0. The molecule has 5 heteroatoms. The van der Waals surface area contributed by atoms with Crippen LogP contribution in [0.15, 0.2) is 11.8 Å². The second kappa shape index (κ2) is 5.98. The first-order valence-corrected chi connectivity index (χ1v) is 9.34. The SMILES string of the molecule is CN1C(C)(C)C=C(N(C(=O)O)C2CC(C)(C)NC(C)(C)C2)CC1(C)C. The number of carboxylic acid groups (broad SMARTS) is 1. The Hall–Kier alpha value is -1.07. The summed E-state index contributed by atoms with van der Waals surface area (Å²) in [4.78, 5) is 16.3. The van der Waals surface area contributed by atoms with E-state index in [9.17, 15) is 9.90 Å². The van der Waals surface area contributed by atoms with Crippen LogP contribution in [0, 0.1) is 0 Å². The average molecular weight is 352 g/mol. The van der Waals surface area contributed by atoms with E-state index in [1.54, 1.807) is 4.90 Å². The van der Waals surface area contributed by atoms with Crippen molar-refractivity contribution in [2.24, 2.45) is 0 Å². The van der Waals surface area contributed by atoms with Gasteiger partial charge in [0.25, 0.3) is 0 Å². The average Bonchev–Trinajstić information content (AvgIpc) is 2.30. The lowest BCUT2D eigenvalue weighted by molar-refractivity contribution is 0.0348. The van der Waals surface area contributed by atoms with Crippen molar-refractivity contribution in [3.05, 3.63) is 11.8 Å². The normalized spacial score (nSPS) is 28.3. The molecule has 0 saturated carbocycles. The van der Waals surface area contributed by atoms with Gasteiger partial charge in [-0.1, -0.05) is 0 Å². The van der Waals surface area contributed by atoms with Crippen LogP contribution in [0.1, 0.15) is 74.7 Å². The first-order valence-electron chi connectivity index (χ1n) is 9.34. The maximum absolute atomic E-state index is 12.3. The molecule has 0 bridgehead atoms. The first kappa shape index (κ1) is 20.2. The molecular weight excluding hydrogens is 314 g/mol. The summed E-state index contributed by atoms with van der Waals surface area (Å²) in [7, 11) is 2.12. The Morgan fingerprint density at radius 2 is 1.60 bits per heavy atom. The van der Waals surface area contributed by atoms with E-state index in [0.29, 0.717) is 0 Å². The van der Waals surface area contributed by atoms with Gasteiger partial charge in [-0.25, -0.2) is 4.79 Å². The maximum atomic E-state index is 12.3. The highest BCUT2D eigenvalue weighted by Crippen LogP contribution is 2.40. The highest BCUT2D eigenvalue weighted by molar-refractivity contribution is 5.68. The third kappa shape index (κ3) is 4.20. The van der Waals surface area contributed by atoms with Crippen LogP contribution in [0.25, 0.3) is 0 Å². The molecule has 0 atom stereocenters. The van der Waals surface area contributed by atoms with Crippen LogP contribution < -0.4 is 5.32 Å². The van der Waals surface area contributed by atoms with E-state index in [4.69, 9.17) is 0 Å². The van der Waals surface area contributed by atoms with E-state index in [1.807, 2.05) is 0 Å². The lowest BCUT2D eigenvalue weighted by Crippen LogP contribution is -2.63. The third-order valence-electron chi connectivity index (χ3n) is 5.96. The van der Waals surface area contributed by atoms with Gasteiger partial charge in [0, 0.05) is 40.3 Å². The van der Waals surface area contributed by atoms with Gasteiger partial charge in [-0.3, -0.25) is 9.80 Å². The summed E-state index contributed by atoms with van der Waals surface area (Å²) in [5, 5.41) is 13.7. The van der Waals surface area contributed by atoms with Gasteiger partial charge < -0.3 is 10.4 Å². The molecule has 5 nitrogen and oxygen atoms in total. The van der Waals surface area contributed by atoms with Crippen LogP contribution in [0.5, 0.6) is 0 Å². The predicted molar refractivity (Wildman–Crippen MR) is 103 cm³/mol. The number of rotatable bonds is 2. The summed E-state index contributed by atoms with van der Waals surface area (Å²) in [5.74, 6) is 0. The minimum absolute atomic E-state index is 0.00925. The highest BCUT2D eigenvalue weighted by atomic mass is 16.4. The van der Waals surface area contributed by atoms with Crippen LogP contribution >= 0.6 is 0 Å². The zero-order chi connectivity index (χ0) is 19.4. The Bertz CT molecular complexity index is 559. The van der Waals surface area contributed by atoms with Crippen LogP contribution in [0.3, 0.4) is 0 Å². The molecule has 2 rings (SSSR count). The predicted octanol–water partition coefficient (Wildman–Crippen LogP) is 4.05. The zero-order valence-corrected chi connectivity index (χ0v) is 17.5. The Morgan fingerprint density at radius 1 is 1.12 bits per heavy atom. The Balaban J connectivity index is 2.43. The van der Waals surface area contributed by atoms with E-state index < -0.39 is 6.09 Å². The third-order valence-corrected chi connectivity index (χ3v) is 5.96. The Kier molecular flexibility index (Phi) is 4.85. The Morgan fingerprint density at radius 3 is 2.00 bits per heavy atom. The molecular formula is C20H37N3O2. The van der Waals surface area contributed by atoms with Gasteiger partial charge in [-0.2, -0.15) is 0 Å². The van der Waals surface area contributed by atoms with Crippen molar-refractivity contribution in [1.29, 1.82) is 0 Å². The smallest absolute Gasteiger partial charge is 0.411 e. The molecule has 2 aliphatic rings. The van der Waals surface area contributed by atoms with Crippen LogP contribution in [-0.4, -0.2) is 56.2 Å². The molecule has 0 aromatic heterocycles. The quantitative estimate of drug-likeness (QED) is 0.788. The van der Waals surface area contributed by atoms with Crippen molar-refractivity contribution in [3.63, 3.8) is 0 Å². The number of carbonyl (C=O) groups is 1. The molecule has 0 aromatic carbocycles. The van der Waals surface area contributed by atoms with Gasteiger partial charge in [0.2, 0.25) is 0 Å². The summed E-state index contributed by atoms with van der Waals surface area (Å²) in [6.07, 6.45) is 3.69. The molecule has 2 heterocycles. The molecule has 0 aromatic rings. The monoisotopic (exact) mass is 351 g/mol. The number of piperidine rings is 1. The van der Waals surface area contributed by atoms with E-state index in [0.717, 1.165) is 25.0 Å². The summed E-state index contributed by atoms with van der Waals surface area (Å²) < 4.78 is 0. The number of likely N-dealkylation sites (N-methyl/N-ethyl adjacent to an activating group) is 1. The van der Waals surface area contributed by atoms with Gasteiger partial charge in [-0.15, -0.1) is 0 Å². The van der Waals surface area contributed by atoms with E-state index in [-0.39, 0.29) is 28.2 Å². The van der Waals surface area contributed by atoms with Gasteiger partial charge >= 0.3 is 6.09 Å². The minimum Gasteiger partial charge on any atom is -0.465 e. The van der Waals surface area contributed by atoms with Crippen molar-refractivity contribution in [2.75, 3.05) is 7.05 Å². The number of nitrogens with zero attached hydrogens (tertiary/aromatic N) is 2.